The number of urea groups is 1. The van der Waals surface area contributed by atoms with Crippen LogP contribution in [0, 0.1) is 0 Å². The summed E-state index contributed by atoms with van der Waals surface area (Å²) in [6.45, 7) is 5.02. The number of hydrogen-bond donors (Lipinski definition) is 2. The van der Waals surface area contributed by atoms with E-state index in [1.54, 1.807) is 28.6 Å². The van der Waals surface area contributed by atoms with Crippen molar-refractivity contribution >= 4 is 39.5 Å². The average molecular weight is 482 g/mol. The Morgan fingerprint density at radius 3 is 2.47 bits per heavy atom. The summed E-state index contributed by atoms with van der Waals surface area (Å²) in [5.74, 6) is 0.982. The van der Waals surface area contributed by atoms with Crippen LogP contribution in [0.15, 0.2) is 17.8 Å². The number of fused-ring (bicyclic) bond motifs is 3. The molecule has 0 saturated carbocycles. The fourth-order valence-corrected chi connectivity index (χ4v) is 6.17. The predicted octanol–water partition coefficient (Wildman–Crippen LogP) is 1.29. The molecule has 2 bridgehead atoms. The Labute approximate surface area is 200 Å². The number of rotatable bonds is 4. The SMILES string of the molecule is NC(=O)N1CCN(Cc2csc3c(-c4cnc(N)nc4)nc(N4C5CCC4COC5)nc23)CC1. The van der Waals surface area contributed by atoms with Crippen molar-refractivity contribution in [2.75, 3.05) is 50.0 Å². The maximum absolute atomic E-state index is 11.5. The number of hydrogen-bond acceptors (Lipinski definition) is 10. The molecule has 3 aromatic rings. The molecule has 178 valence electrons. The first-order chi connectivity index (χ1) is 16.6. The lowest BCUT2D eigenvalue weighted by atomic mass is 10.1. The van der Waals surface area contributed by atoms with E-state index in [0.717, 1.165) is 65.5 Å². The van der Waals surface area contributed by atoms with Crippen LogP contribution in [0.5, 0.6) is 0 Å². The van der Waals surface area contributed by atoms with Crippen molar-refractivity contribution in [1.82, 2.24) is 29.7 Å². The molecule has 6 rings (SSSR count). The number of amides is 2. The summed E-state index contributed by atoms with van der Waals surface area (Å²) in [6.07, 6.45) is 5.63. The molecule has 2 unspecified atom stereocenters. The largest absolute Gasteiger partial charge is 0.377 e. The molecular formula is C22H27N9O2S. The number of nitrogens with zero attached hydrogens (tertiary/aromatic N) is 7. The second-order valence-corrected chi connectivity index (χ2v) is 9.95. The van der Waals surface area contributed by atoms with Gasteiger partial charge in [0.2, 0.25) is 11.9 Å². The third kappa shape index (κ3) is 3.81. The fraction of sp³-hybridized carbons (Fsp3) is 0.500. The van der Waals surface area contributed by atoms with Gasteiger partial charge in [-0.1, -0.05) is 0 Å². The van der Waals surface area contributed by atoms with E-state index in [1.165, 1.54) is 0 Å². The topological polar surface area (TPSA) is 140 Å². The van der Waals surface area contributed by atoms with Crippen LogP contribution in [0.4, 0.5) is 16.7 Å². The molecule has 3 aromatic heterocycles. The van der Waals surface area contributed by atoms with Crippen LogP contribution >= 0.6 is 11.3 Å². The first kappa shape index (κ1) is 21.4. The number of primary amides is 1. The van der Waals surface area contributed by atoms with Gasteiger partial charge in [0.25, 0.3) is 0 Å². The Balaban J connectivity index is 1.38. The lowest BCUT2D eigenvalue weighted by molar-refractivity contribution is 0.0898. The van der Waals surface area contributed by atoms with Gasteiger partial charge in [-0.05, 0) is 18.2 Å². The highest BCUT2D eigenvalue weighted by Gasteiger charge is 2.39. The monoisotopic (exact) mass is 481 g/mol. The number of aromatic nitrogens is 4. The van der Waals surface area contributed by atoms with Crippen LogP contribution in [0.1, 0.15) is 18.4 Å². The van der Waals surface area contributed by atoms with Crippen LogP contribution in [0.3, 0.4) is 0 Å². The van der Waals surface area contributed by atoms with Crippen molar-refractivity contribution in [3.63, 3.8) is 0 Å². The lowest BCUT2D eigenvalue weighted by Gasteiger charge is -2.35. The third-order valence-corrected chi connectivity index (χ3v) is 8.00. The Hall–Kier alpha value is -3.09. The van der Waals surface area contributed by atoms with E-state index in [9.17, 15) is 4.79 Å². The second kappa shape index (κ2) is 8.60. The van der Waals surface area contributed by atoms with Crippen molar-refractivity contribution in [3.05, 3.63) is 23.3 Å². The van der Waals surface area contributed by atoms with Gasteiger partial charge in [-0.15, -0.1) is 11.3 Å². The molecule has 3 aliphatic heterocycles. The van der Waals surface area contributed by atoms with Gasteiger partial charge in [0, 0.05) is 56.2 Å². The molecule has 0 aliphatic carbocycles. The zero-order valence-corrected chi connectivity index (χ0v) is 19.6. The minimum atomic E-state index is -0.353. The van der Waals surface area contributed by atoms with E-state index >= 15 is 0 Å². The van der Waals surface area contributed by atoms with Gasteiger partial charge < -0.3 is 26.0 Å². The molecule has 34 heavy (non-hydrogen) atoms. The van der Waals surface area contributed by atoms with Gasteiger partial charge in [-0.25, -0.2) is 24.7 Å². The first-order valence-electron chi connectivity index (χ1n) is 11.6. The maximum atomic E-state index is 11.5. The molecule has 3 aliphatic rings. The normalized spacial score (nSPS) is 23.1. The molecule has 4 N–H and O–H groups in total. The summed E-state index contributed by atoms with van der Waals surface area (Å²) in [4.78, 5) is 36.4. The molecule has 0 radical (unpaired) electrons. The quantitative estimate of drug-likeness (QED) is 0.564. The molecule has 0 aromatic carbocycles. The number of nitrogens with two attached hydrogens (primary N) is 2. The summed E-state index contributed by atoms with van der Waals surface area (Å²) < 4.78 is 6.80. The van der Waals surface area contributed by atoms with Crippen LogP contribution < -0.4 is 16.4 Å². The van der Waals surface area contributed by atoms with Crippen LogP contribution in [-0.2, 0) is 11.3 Å². The predicted molar refractivity (Wildman–Crippen MR) is 129 cm³/mol. The van der Waals surface area contributed by atoms with E-state index in [0.29, 0.717) is 38.4 Å². The van der Waals surface area contributed by atoms with Crippen molar-refractivity contribution in [2.45, 2.75) is 31.5 Å². The highest BCUT2D eigenvalue weighted by molar-refractivity contribution is 7.17. The highest BCUT2D eigenvalue weighted by atomic mass is 32.1. The van der Waals surface area contributed by atoms with Gasteiger partial charge in [0.15, 0.2) is 0 Å². The van der Waals surface area contributed by atoms with Crippen molar-refractivity contribution in [3.8, 4) is 11.3 Å². The van der Waals surface area contributed by atoms with Crippen LogP contribution in [0.2, 0.25) is 0 Å². The molecule has 2 atom stereocenters. The molecule has 2 amide bonds. The van der Waals surface area contributed by atoms with E-state index in [2.05, 4.69) is 25.1 Å². The van der Waals surface area contributed by atoms with Crippen molar-refractivity contribution in [2.24, 2.45) is 5.73 Å². The zero-order chi connectivity index (χ0) is 23.2. The fourth-order valence-electron chi connectivity index (χ4n) is 5.16. The van der Waals surface area contributed by atoms with E-state index in [1.807, 2.05) is 0 Å². The van der Waals surface area contributed by atoms with Gasteiger partial charge in [-0.2, -0.15) is 0 Å². The summed E-state index contributed by atoms with van der Waals surface area (Å²) in [5, 5.41) is 2.17. The summed E-state index contributed by atoms with van der Waals surface area (Å²) >= 11 is 1.64. The minimum Gasteiger partial charge on any atom is -0.377 e. The molecule has 12 heteroatoms. The third-order valence-electron chi connectivity index (χ3n) is 6.97. The Kier molecular flexibility index (Phi) is 5.42. The van der Waals surface area contributed by atoms with E-state index in [-0.39, 0.29) is 12.0 Å². The van der Waals surface area contributed by atoms with Gasteiger partial charge in [0.1, 0.15) is 0 Å². The second-order valence-electron chi connectivity index (χ2n) is 9.07. The minimum absolute atomic E-state index is 0.238. The van der Waals surface area contributed by atoms with E-state index < -0.39 is 0 Å². The summed E-state index contributed by atoms with van der Waals surface area (Å²) in [6, 6.07) is 0.250. The van der Waals surface area contributed by atoms with Gasteiger partial charge in [0.05, 0.1) is 41.2 Å². The van der Waals surface area contributed by atoms with Gasteiger partial charge in [-0.3, -0.25) is 4.90 Å². The Bertz CT molecular complexity index is 1190. The standard InChI is InChI=1S/C22H27N9O2S/c23-20-25-7-13(8-26-20)17-19-18(28-22(27-17)31-15-1-2-16(31)11-33-10-15)14(12-34-19)9-29-3-5-30(6-4-29)21(24)32/h7-8,12,15-16H,1-6,9-11H2,(H2,24,32)(H2,23,25,26). The molecule has 3 fully saturated rings. The smallest absolute Gasteiger partial charge is 0.314 e. The first-order valence-corrected chi connectivity index (χ1v) is 12.4. The lowest BCUT2D eigenvalue weighted by Crippen LogP contribution is -2.50. The van der Waals surface area contributed by atoms with E-state index in [4.69, 9.17) is 26.2 Å². The zero-order valence-electron chi connectivity index (χ0n) is 18.8. The number of anilines is 2. The molecule has 11 nitrogen and oxygen atoms in total. The molecular weight excluding hydrogens is 454 g/mol. The number of carbonyl (C=O) groups is 1. The molecule has 0 spiro atoms. The number of carbonyl (C=O) groups excluding carboxylic acids is 1. The Morgan fingerprint density at radius 2 is 1.79 bits per heavy atom. The summed E-state index contributed by atoms with van der Waals surface area (Å²) in [5.41, 5.74) is 15.0. The Morgan fingerprint density at radius 1 is 1.09 bits per heavy atom. The number of ether oxygens (including phenoxy) is 1. The van der Waals surface area contributed by atoms with Crippen LogP contribution in [0.25, 0.3) is 21.5 Å². The summed E-state index contributed by atoms with van der Waals surface area (Å²) in [7, 11) is 0. The number of morpholine rings is 1. The van der Waals surface area contributed by atoms with Crippen molar-refractivity contribution < 1.29 is 9.53 Å². The molecule has 3 saturated heterocycles. The van der Waals surface area contributed by atoms with Crippen molar-refractivity contribution in [1.29, 1.82) is 0 Å². The van der Waals surface area contributed by atoms with Crippen LogP contribution in [-0.4, -0.2) is 87.2 Å². The number of thiophene rings is 1. The maximum Gasteiger partial charge on any atom is 0.314 e. The highest BCUT2D eigenvalue weighted by Crippen LogP contribution is 2.38. The van der Waals surface area contributed by atoms with Gasteiger partial charge >= 0.3 is 6.03 Å². The number of nitrogen functional groups attached to an aromatic ring is 1. The molecule has 6 heterocycles. The average Bonchev–Trinajstić information content (AvgIpc) is 3.36. The number of piperazine rings is 1.